The maximum atomic E-state index is 13.3. The summed E-state index contributed by atoms with van der Waals surface area (Å²) in [6.45, 7) is 3.86. The molecule has 1 saturated heterocycles. The fourth-order valence-corrected chi connectivity index (χ4v) is 5.25. The number of likely N-dealkylation sites (tertiary alicyclic amines) is 1. The second-order valence-corrected chi connectivity index (χ2v) is 10.6. The van der Waals surface area contributed by atoms with Gasteiger partial charge in [-0.2, -0.15) is 0 Å². The van der Waals surface area contributed by atoms with Gasteiger partial charge in [-0.3, -0.25) is 4.79 Å². The largest absolute Gasteiger partial charge is 0.354 e. The van der Waals surface area contributed by atoms with E-state index in [0.29, 0.717) is 18.7 Å². The quantitative estimate of drug-likeness (QED) is 0.192. The van der Waals surface area contributed by atoms with Crippen LogP contribution in [-0.4, -0.2) is 49.1 Å². The number of rotatable bonds is 11. The first-order chi connectivity index (χ1) is 20.1. The number of nitrogens with one attached hydrogen (secondary N) is 3. The van der Waals surface area contributed by atoms with E-state index in [0.717, 1.165) is 53.9 Å². The van der Waals surface area contributed by atoms with Crippen molar-refractivity contribution in [3.8, 4) is 22.3 Å². The lowest BCUT2D eigenvalue weighted by Gasteiger charge is -2.20. The number of anilines is 1. The van der Waals surface area contributed by atoms with Crippen molar-refractivity contribution in [1.82, 2.24) is 15.5 Å². The molecule has 4 aromatic carbocycles. The van der Waals surface area contributed by atoms with Crippen molar-refractivity contribution in [1.29, 1.82) is 0 Å². The molecule has 1 fully saturated rings. The molecule has 0 spiro atoms. The molecule has 3 amide bonds. The first-order valence-electron chi connectivity index (χ1n) is 14.5. The fourth-order valence-electron chi connectivity index (χ4n) is 5.25. The fraction of sp³-hybridized carbons (Fsp3) is 0.257. The second kappa shape index (κ2) is 14.3. The summed E-state index contributed by atoms with van der Waals surface area (Å²) in [5.74, 6) is -0.173. The minimum atomic E-state index is -0.701. The smallest absolute Gasteiger partial charge is 0.319 e. The summed E-state index contributed by atoms with van der Waals surface area (Å²) in [6, 6.07) is 35.0. The Morgan fingerprint density at radius 2 is 1.22 bits per heavy atom. The van der Waals surface area contributed by atoms with Crippen LogP contribution >= 0.6 is 0 Å². The van der Waals surface area contributed by atoms with Crippen LogP contribution in [0.25, 0.3) is 22.3 Å². The number of carbonyl (C=O) groups is 2. The first kappa shape index (κ1) is 28.1. The predicted octanol–water partition coefficient (Wildman–Crippen LogP) is 6.36. The van der Waals surface area contributed by atoms with Gasteiger partial charge in [0.15, 0.2) is 0 Å². The van der Waals surface area contributed by atoms with Gasteiger partial charge < -0.3 is 20.9 Å². The highest BCUT2D eigenvalue weighted by Gasteiger charge is 2.21. The molecular weight excluding hydrogens is 508 g/mol. The molecule has 1 atom stereocenters. The Kier molecular flexibility index (Phi) is 9.80. The molecular formula is C35H38N4O2. The van der Waals surface area contributed by atoms with Crippen molar-refractivity contribution in [2.24, 2.45) is 0 Å². The maximum Gasteiger partial charge on any atom is 0.319 e. The van der Waals surface area contributed by atoms with Crippen LogP contribution in [0.1, 0.15) is 24.8 Å². The number of benzene rings is 4. The van der Waals surface area contributed by atoms with Gasteiger partial charge in [0.2, 0.25) is 5.91 Å². The van der Waals surface area contributed by atoms with Crippen molar-refractivity contribution >= 4 is 17.6 Å². The van der Waals surface area contributed by atoms with Gasteiger partial charge in [-0.1, -0.05) is 97.1 Å². The molecule has 6 heteroatoms. The van der Waals surface area contributed by atoms with E-state index < -0.39 is 12.1 Å². The Labute approximate surface area is 242 Å². The molecule has 6 nitrogen and oxygen atoms in total. The van der Waals surface area contributed by atoms with E-state index in [1.807, 2.05) is 72.8 Å². The third-order valence-corrected chi connectivity index (χ3v) is 7.52. The topological polar surface area (TPSA) is 73.5 Å². The highest BCUT2D eigenvalue weighted by molar-refractivity contribution is 5.94. The summed E-state index contributed by atoms with van der Waals surface area (Å²) in [4.78, 5) is 28.7. The minimum Gasteiger partial charge on any atom is -0.354 e. The molecule has 0 bridgehead atoms. The Morgan fingerprint density at radius 1 is 0.683 bits per heavy atom. The summed E-state index contributed by atoms with van der Waals surface area (Å²) in [6.07, 6.45) is 3.80. The van der Waals surface area contributed by atoms with Crippen LogP contribution < -0.4 is 16.0 Å². The standard InChI is InChI=1S/C35H38N4O2/c40-34(36-22-9-25-39-23-7-8-24-39)33(26-27-14-16-30(17-15-27)28-10-3-1-4-11-28)38-35(41)37-32-20-18-31(19-21-32)29-12-5-2-6-13-29/h1-6,10-21,33H,7-9,22-26H2,(H,36,40)(H2,37,38,41). The van der Waals surface area contributed by atoms with E-state index >= 15 is 0 Å². The van der Waals surface area contributed by atoms with Gasteiger partial charge in [-0.15, -0.1) is 0 Å². The van der Waals surface area contributed by atoms with Crippen molar-refractivity contribution in [3.05, 3.63) is 115 Å². The van der Waals surface area contributed by atoms with Crippen LogP contribution in [0.2, 0.25) is 0 Å². The average Bonchev–Trinajstić information content (AvgIpc) is 3.54. The van der Waals surface area contributed by atoms with Crippen LogP contribution in [0.4, 0.5) is 10.5 Å². The van der Waals surface area contributed by atoms with Gasteiger partial charge in [-0.25, -0.2) is 4.79 Å². The third-order valence-electron chi connectivity index (χ3n) is 7.52. The predicted molar refractivity (Wildman–Crippen MR) is 167 cm³/mol. The molecule has 1 unspecified atom stereocenters. The van der Waals surface area contributed by atoms with E-state index in [9.17, 15) is 9.59 Å². The van der Waals surface area contributed by atoms with Gasteiger partial charge >= 0.3 is 6.03 Å². The summed E-state index contributed by atoms with van der Waals surface area (Å²) < 4.78 is 0. The Morgan fingerprint density at radius 3 is 1.80 bits per heavy atom. The molecule has 1 heterocycles. The number of amides is 3. The lowest BCUT2D eigenvalue weighted by atomic mass is 10.0. The molecule has 4 aromatic rings. The number of carbonyl (C=O) groups excluding carboxylic acids is 2. The van der Waals surface area contributed by atoms with Crippen LogP contribution in [0.5, 0.6) is 0 Å². The molecule has 1 aliphatic rings. The number of nitrogens with zero attached hydrogens (tertiary/aromatic N) is 1. The minimum absolute atomic E-state index is 0.173. The highest BCUT2D eigenvalue weighted by atomic mass is 16.2. The van der Waals surface area contributed by atoms with E-state index in [1.54, 1.807) is 0 Å². The van der Waals surface area contributed by atoms with E-state index in [2.05, 4.69) is 57.2 Å². The van der Waals surface area contributed by atoms with Crippen molar-refractivity contribution < 1.29 is 9.59 Å². The summed E-state index contributed by atoms with van der Waals surface area (Å²) in [5, 5.41) is 8.86. The van der Waals surface area contributed by atoms with E-state index in [1.165, 1.54) is 12.8 Å². The Balaban J connectivity index is 1.21. The zero-order chi connectivity index (χ0) is 28.3. The van der Waals surface area contributed by atoms with Crippen LogP contribution in [0, 0.1) is 0 Å². The molecule has 0 aliphatic carbocycles. The summed E-state index contributed by atoms with van der Waals surface area (Å²) in [5.41, 5.74) is 6.09. The second-order valence-electron chi connectivity index (χ2n) is 10.6. The molecule has 5 rings (SSSR count). The lowest BCUT2D eigenvalue weighted by molar-refractivity contribution is -0.122. The average molecular weight is 547 g/mol. The monoisotopic (exact) mass is 546 g/mol. The normalized spacial score (nSPS) is 13.9. The molecule has 0 saturated carbocycles. The van der Waals surface area contributed by atoms with E-state index in [-0.39, 0.29) is 5.91 Å². The van der Waals surface area contributed by atoms with E-state index in [4.69, 9.17) is 0 Å². The molecule has 210 valence electrons. The van der Waals surface area contributed by atoms with Crippen LogP contribution in [0.15, 0.2) is 109 Å². The lowest BCUT2D eigenvalue weighted by Crippen LogP contribution is -2.49. The van der Waals surface area contributed by atoms with Crippen molar-refractivity contribution in [2.75, 3.05) is 31.5 Å². The first-order valence-corrected chi connectivity index (χ1v) is 14.5. The van der Waals surface area contributed by atoms with Crippen molar-refractivity contribution in [2.45, 2.75) is 31.7 Å². The maximum absolute atomic E-state index is 13.3. The summed E-state index contributed by atoms with van der Waals surface area (Å²) >= 11 is 0. The van der Waals surface area contributed by atoms with Gasteiger partial charge in [0, 0.05) is 18.7 Å². The number of hydrogen-bond donors (Lipinski definition) is 3. The highest BCUT2D eigenvalue weighted by Crippen LogP contribution is 2.22. The summed E-state index contributed by atoms with van der Waals surface area (Å²) in [7, 11) is 0. The SMILES string of the molecule is O=C(Nc1ccc(-c2ccccc2)cc1)NC(Cc1ccc(-c2ccccc2)cc1)C(=O)NCCCN1CCCC1. The molecule has 41 heavy (non-hydrogen) atoms. The van der Waals surface area contributed by atoms with Crippen LogP contribution in [0.3, 0.4) is 0 Å². The van der Waals surface area contributed by atoms with Gasteiger partial charge in [0.25, 0.3) is 0 Å². The molecule has 1 aliphatic heterocycles. The zero-order valence-electron chi connectivity index (χ0n) is 23.4. The van der Waals surface area contributed by atoms with Gasteiger partial charge in [-0.05, 0) is 78.8 Å². The zero-order valence-corrected chi connectivity index (χ0v) is 23.4. The molecule has 0 radical (unpaired) electrons. The van der Waals surface area contributed by atoms with Crippen LogP contribution in [-0.2, 0) is 11.2 Å². The number of urea groups is 1. The van der Waals surface area contributed by atoms with Gasteiger partial charge in [0.05, 0.1) is 0 Å². The molecule has 3 N–H and O–H groups in total. The third kappa shape index (κ3) is 8.29. The number of hydrogen-bond acceptors (Lipinski definition) is 3. The molecule has 0 aromatic heterocycles. The Bertz CT molecular complexity index is 1380. The van der Waals surface area contributed by atoms with Crippen molar-refractivity contribution in [3.63, 3.8) is 0 Å². The Hall–Kier alpha value is -4.42. The van der Waals surface area contributed by atoms with Gasteiger partial charge in [0.1, 0.15) is 6.04 Å².